The molecule has 2 aromatic rings. The van der Waals surface area contributed by atoms with E-state index in [2.05, 4.69) is 17.1 Å². The van der Waals surface area contributed by atoms with Gasteiger partial charge < -0.3 is 4.74 Å². The smallest absolute Gasteiger partial charge is 0.339 e. The molecule has 0 atom stereocenters. The topological polar surface area (TPSA) is 39.2 Å². The van der Waals surface area contributed by atoms with Crippen molar-refractivity contribution >= 4 is 5.97 Å². The average molecular weight is 255 g/mol. The van der Waals surface area contributed by atoms with Crippen molar-refractivity contribution < 1.29 is 9.53 Å². The van der Waals surface area contributed by atoms with Gasteiger partial charge in [-0.3, -0.25) is 4.98 Å². The second-order valence-corrected chi connectivity index (χ2v) is 4.24. The van der Waals surface area contributed by atoms with E-state index in [9.17, 15) is 4.79 Å². The van der Waals surface area contributed by atoms with Crippen LogP contribution in [-0.4, -0.2) is 17.6 Å². The minimum atomic E-state index is -0.293. The van der Waals surface area contributed by atoms with Gasteiger partial charge in [-0.25, -0.2) is 4.79 Å². The Morgan fingerprint density at radius 2 is 1.95 bits per heavy atom. The summed E-state index contributed by atoms with van der Waals surface area (Å²) in [6.07, 6.45) is 5.00. The van der Waals surface area contributed by atoms with Crippen molar-refractivity contribution in [3.05, 3.63) is 65.5 Å². The van der Waals surface area contributed by atoms with Crippen LogP contribution in [0.25, 0.3) is 0 Å². The van der Waals surface area contributed by atoms with Gasteiger partial charge in [-0.15, -0.1) is 0 Å². The summed E-state index contributed by atoms with van der Waals surface area (Å²) in [4.78, 5) is 15.8. The third-order valence-corrected chi connectivity index (χ3v) is 2.93. The fraction of sp³-hybridized carbons (Fsp3) is 0.250. The number of aryl methyl sites for hydroxylation is 2. The van der Waals surface area contributed by atoms with Crippen LogP contribution in [0.4, 0.5) is 0 Å². The summed E-state index contributed by atoms with van der Waals surface area (Å²) >= 11 is 0. The number of hydrogen-bond donors (Lipinski definition) is 0. The minimum absolute atomic E-state index is 0.293. The van der Waals surface area contributed by atoms with Gasteiger partial charge in [0.25, 0.3) is 0 Å². The van der Waals surface area contributed by atoms with E-state index in [-0.39, 0.29) is 5.97 Å². The van der Waals surface area contributed by atoms with Crippen molar-refractivity contribution in [3.8, 4) is 0 Å². The molecular formula is C16H17NO2. The lowest BCUT2D eigenvalue weighted by Crippen LogP contribution is -2.09. The monoisotopic (exact) mass is 255 g/mol. The van der Waals surface area contributed by atoms with Crippen LogP contribution >= 0.6 is 0 Å². The highest BCUT2D eigenvalue weighted by molar-refractivity contribution is 5.90. The van der Waals surface area contributed by atoms with Crippen molar-refractivity contribution in [1.82, 2.24) is 4.98 Å². The Kier molecular flexibility index (Phi) is 4.67. The highest BCUT2D eigenvalue weighted by Gasteiger charge is 2.12. The predicted molar refractivity (Wildman–Crippen MR) is 74.0 cm³/mol. The van der Waals surface area contributed by atoms with Crippen LogP contribution in [0.1, 0.15) is 28.4 Å². The van der Waals surface area contributed by atoms with E-state index in [0.717, 1.165) is 18.4 Å². The summed E-state index contributed by atoms with van der Waals surface area (Å²) < 4.78 is 5.04. The maximum absolute atomic E-state index is 11.8. The zero-order valence-electron chi connectivity index (χ0n) is 11.0. The number of pyridine rings is 1. The summed E-state index contributed by atoms with van der Waals surface area (Å²) in [6, 6.07) is 12.1. The van der Waals surface area contributed by atoms with Crippen molar-refractivity contribution in [2.75, 3.05) is 6.61 Å². The third kappa shape index (κ3) is 3.65. The van der Waals surface area contributed by atoms with Gasteiger partial charge in [-0.1, -0.05) is 30.3 Å². The van der Waals surface area contributed by atoms with Gasteiger partial charge in [-0.2, -0.15) is 0 Å². The van der Waals surface area contributed by atoms with E-state index in [1.54, 1.807) is 19.3 Å². The van der Waals surface area contributed by atoms with Crippen molar-refractivity contribution in [1.29, 1.82) is 0 Å². The van der Waals surface area contributed by atoms with E-state index in [0.29, 0.717) is 12.2 Å². The fourth-order valence-electron chi connectivity index (χ4n) is 1.96. The van der Waals surface area contributed by atoms with E-state index in [1.807, 2.05) is 24.3 Å². The largest absolute Gasteiger partial charge is 0.462 e. The average Bonchev–Trinajstić information content (AvgIpc) is 2.47. The first-order valence-corrected chi connectivity index (χ1v) is 6.45. The highest BCUT2D eigenvalue weighted by atomic mass is 16.5. The maximum atomic E-state index is 11.8. The third-order valence-electron chi connectivity index (χ3n) is 2.93. The van der Waals surface area contributed by atoms with Crippen LogP contribution in [0, 0.1) is 0 Å². The van der Waals surface area contributed by atoms with Crippen molar-refractivity contribution in [3.63, 3.8) is 0 Å². The fourth-order valence-corrected chi connectivity index (χ4v) is 1.96. The summed E-state index contributed by atoms with van der Waals surface area (Å²) in [5.41, 5.74) is 2.81. The molecule has 0 amide bonds. The first kappa shape index (κ1) is 13.3. The molecule has 98 valence electrons. The number of carbonyl (C=O) groups excluding carboxylic acids is 1. The van der Waals surface area contributed by atoms with Gasteiger partial charge in [0.2, 0.25) is 0 Å². The number of hydrogen-bond acceptors (Lipinski definition) is 3. The van der Waals surface area contributed by atoms with Gasteiger partial charge >= 0.3 is 5.97 Å². The van der Waals surface area contributed by atoms with Gasteiger partial charge in [0.1, 0.15) is 0 Å². The Morgan fingerprint density at radius 1 is 1.16 bits per heavy atom. The molecule has 0 unspecified atom stereocenters. The molecule has 0 fully saturated rings. The molecule has 2 rings (SSSR count). The number of carbonyl (C=O) groups is 1. The molecular weight excluding hydrogens is 238 g/mol. The molecule has 0 spiro atoms. The standard InChI is InChI=1S/C16H17NO2/c1-2-19-16(18)15-12-17-11-10-14(15)9-8-13-6-4-3-5-7-13/h3-7,10-12H,2,8-9H2,1H3. The molecule has 0 N–H and O–H groups in total. The van der Waals surface area contributed by atoms with Crippen molar-refractivity contribution in [2.45, 2.75) is 19.8 Å². The molecule has 19 heavy (non-hydrogen) atoms. The summed E-state index contributed by atoms with van der Waals surface area (Å²) in [5, 5.41) is 0. The van der Waals surface area contributed by atoms with Crippen LogP contribution in [0.3, 0.4) is 0 Å². The Balaban J connectivity index is 2.10. The lowest BCUT2D eigenvalue weighted by molar-refractivity contribution is 0.0524. The van der Waals surface area contributed by atoms with Crippen LogP contribution in [0.2, 0.25) is 0 Å². The number of ether oxygens (including phenoxy) is 1. The molecule has 0 radical (unpaired) electrons. The number of esters is 1. The summed E-state index contributed by atoms with van der Waals surface area (Å²) in [5.74, 6) is -0.293. The van der Waals surface area contributed by atoms with Gasteiger partial charge in [0.15, 0.2) is 0 Å². The number of nitrogens with zero attached hydrogens (tertiary/aromatic N) is 1. The molecule has 1 aromatic carbocycles. The second-order valence-electron chi connectivity index (χ2n) is 4.24. The normalized spacial score (nSPS) is 10.2. The predicted octanol–water partition coefficient (Wildman–Crippen LogP) is 3.04. The first-order valence-electron chi connectivity index (χ1n) is 6.45. The summed E-state index contributed by atoms with van der Waals surface area (Å²) in [7, 11) is 0. The molecule has 3 heteroatoms. The zero-order valence-corrected chi connectivity index (χ0v) is 11.0. The first-order chi connectivity index (χ1) is 9.31. The summed E-state index contributed by atoms with van der Waals surface area (Å²) in [6.45, 7) is 2.18. The molecule has 1 heterocycles. The molecule has 0 aliphatic carbocycles. The Labute approximate surface area is 113 Å². The number of rotatable bonds is 5. The molecule has 0 aliphatic heterocycles. The molecule has 0 saturated heterocycles. The number of aromatic nitrogens is 1. The highest BCUT2D eigenvalue weighted by Crippen LogP contribution is 2.12. The minimum Gasteiger partial charge on any atom is -0.462 e. The lowest BCUT2D eigenvalue weighted by atomic mass is 10.0. The van der Waals surface area contributed by atoms with Crippen molar-refractivity contribution in [2.24, 2.45) is 0 Å². The lowest BCUT2D eigenvalue weighted by Gasteiger charge is -2.08. The molecule has 0 saturated carbocycles. The van der Waals surface area contributed by atoms with E-state index < -0.39 is 0 Å². The molecule has 0 bridgehead atoms. The van der Waals surface area contributed by atoms with Gasteiger partial charge in [0, 0.05) is 12.4 Å². The molecule has 0 aliphatic rings. The molecule has 3 nitrogen and oxygen atoms in total. The van der Waals surface area contributed by atoms with Crippen LogP contribution in [-0.2, 0) is 17.6 Å². The number of benzene rings is 1. The van der Waals surface area contributed by atoms with Crippen LogP contribution in [0.15, 0.2) is 48.8 Å². The SMILES string of the molecule is CCOC(=O)c1cnccc1CCc1ccccc1. The van der Waals surface area contributed by atoms with Crippen LogP contribution in [0.5, 0.6) is 0 Å². The van der Waals surface area contributed by atoms with Gasteiger partial charge in [0.05, 0.1) is 12.2 Å². The second kappa shape index (κ2) is 6.69. The Bertz CT molecular complexity index is 537. The van der Waals surface area contributed by atoms with E-state index in [1.165, 1.54) is 5.56 Å². The van der Waals surface area contributed by atoms with E-state index >= 15 is 0 Å². The Morgan fingerprint density at radius 3 is 2.68 bits per heavy atom. The zero-order chi connectivity index (χ0) is 13.5. The quantitative estimate of drug-likeness (QED) is 0.771. The van der Waals surface area contributed by atoms with Gasteiger partial charge in [-0.05, 0) is 37.0 Å². The maximum Gasteiger partial charge on any atom is 0.339 e. The van der Waals surface area contributed by atoms with E-state index in [4.69, 9.17) is 4.74 Å². The Hall–Kier alpha value is -2.16. The molecule has 1 aromatic heterocycles. The van der Waals surface area contributed by atoms with Crippen LogP contribution < -0.4 is 0 Å².